The molecule has 0 saturated carbocycles. The highest BCUT2D eigenvalue weighted by atomic mass is 16.6. The molecule has 5 nitrogen and oxygen atoms in total. The lowest BCUT2D eigenvalue weighted by Gasteiger charge is -2.21. The highest BCUT2D eigenvalue weighted by molar-refractivity contribution is 5.76. The van der Waals surface area contributed by atoms with Crippen LogP contribution in [0.5, 0.6) is 0 Å². The van der Waals surface area contributed by atoms with Crippen LogP contribution < -0.4 is 5.90 Å². The van der Waals surface area contributed by atoms with Gasteiger partial charge in [-0.05, 0) is 6.92 Å². The first-order valence-electron chi connectivity index (χ1n) is 3.17. The fourth-order valence-electron chi connectivity index (χ4n) is 0.550. The zero-order chi connectivity index (χ0) is 8.91. The molecule has 0 radical (unpaired) electrons. The largest absolute Gasteiger partial charge is 0.479 e. The second-order valence-corrected chi connectivity index (χ2v) is 2.36. The molecule has 5 heteroatoms. The van der Waals surface area contributed by atoms with E-state index in [-0.39, 0.29) is 13.0 Å². The number of aliphatic carboxylic acids is 1. The van der Waals surface area contributed by atoms with Crippen LogP contribution in [0.25, 0.3) is 0 Å². The standard InChI is InChI=1S/C6H13NO4/c1-6(10-2,5(8)9)3-4-11-7/h3-4,7H2,1-2H3,(H,8,9)/t6-/m0/s1. The van der Waals surface area contributed by atoms with Crippen LogP contribution in [0.1, 0.15) is 13.3 Å². The highest BCUT2D eigenvalue weighted by Crippen LogP contribution is 2.13. The number of rotatable bonds is 5. The number of methoxy groups -OCH3 is 1. The fraction of sp³-hybridized carbons (Fsp3) is 0.833. The third kappa shape index (κ3) is 2.83. The van der Waals surface area contributed by atoms with Crippen LogP contribution in [0.4, 0.5) is 0 Å². The molecule has 3 N–H and O–H groups in total. The summed E-state index contributed by atoms with van der Waals surface area (Å²) in [5, 5.41) is 8.64. The molecule has 0 aromatic rings. The van der Waals surface area contributed by atoms with Gasteiger partial charge in [-0.1, -0.05) is 0 Å². The van der Waals surface area contributed by atoms with Crippen molar-refractivity contribution >= 4 is 5.97 Å². The maximum Gasteiger partial charge on any atom is 0.335 e. The summed E-state index contributed by atoms with van der Waals surface area (Å²) < 4.78 is 4.77. The molecule has 0 aliphatic heterocycles. The smallest absolute Gasteiger partial charge is 0.335 e. The minimum Gasteiger partial charge on any atom is -0.479 e. The SMILES string of the molecule is CO[C@@](C)(CCON)C(=O)O. The Morgan fingerprint density at radius 1 is 1.73 bits per heavy atom. The maximum atomic E-state index is 10.5. The second kappa shape index (κ2) is 4.27. The van der Waals surface area contributed by atoms with Crippen molar-refractivity contribution in [3.63, 3.8) is 0 Å². The second-order valence-electron chi connectivity index (χ2n) is 2.36. The summed E-state index contributed by atoms with van der Waals surface area (Å²) in [5.41, 5.74) is -1.20. The summed E-state index contributed by atoms with van der Waals surface area (Å²) in [6, 6.07) is 0. The molecule has 0 spiro atoms. The van der Waals surface area contributed by atoms with E-state index in [0.717, 1.165) is 0 Å². The summed E-state index contributed by atoms with van der Waals surface area (Å²) in [6.45, 7) is 1.63. The van der Waals surface area contributed by atoms with Crippen LogP contribution in [0, 0.1) is 0 Å². The van der Waals surface area contributed by atoms with E-state index in [1.807, 2.05) is 0 Å². The van der Waals surface area contributed by atoms with Crippen molar-refractivity contribution in [3.05, 3.63) is 0 Å². The predicted octanol–water partition coefficient (Wildman–Crippen LogP) is -0.244. The van der Waals surface area contributed by atoms with Gasteiger partial charge < -0.3 is 14.7 Å². The quantitative estimate of drug-likeness (QED) is 0.546. The van der Waals surface area contributed by atoms with Crippen LogP contribution in [0.3, 0.4) is 0 Å². The third-order valence-electron chi connectivity index (χ3n) is 1.60. The fourth-order valence-corrected chi connectivity index (χ4v) is 0.550. The summed E-state index contributed by atoms with van der Waals surface area (Å²) in [4.78, 5) is 14.8. The van der Waals surface area contributed by atoms with Gasteiger partial charge in [0, 0.05) is 13.5 Å². The van der Waals surface area contributed by atoms with E-state index in [9.17, 15) is 4.79 Å². The van der Waals surface area contributed by atoms with Gasteiger partial charge in [-0.15, -0.1) is 0 Å². The lowest BCUT2D eigenvalue weighted by Crippen LogP contribution is -2.38. The monoisotopic (exact) mass is 163 g/mol. The van der Waals surface area contributed by atoms with Gasteiger partial charge in [0.2, 0.25) is 0 Å². The van der Waals surface area contributed by atoms with E-state index >= 15 is 0 Å². The molecule has 0 amide bonds. The van der Waals surface area contributed by atoms with Crippen molar-refractivity contribution < 1.29 is 19.5 Å². The molecular formula is C6H13NO4. The molecule has 11 heavy (non-hydrogen) atoms. The summed E-state index contributed by atoms with van der Waals surface area (Å²) in [5.74, 6) is 3.73. The van der Waals surface area contributed by atoms with Crippen molar-refractivity contribution in [2.24, 2.45) is 5.90 Å². The van der Waals surface area contributed by atoms with Gasteiger partial charge in [0.1, 0.15) is 0 Å². The minimum atomic E-state index is -1.20. The number of hydrogen-bond acceptors (Lipinski definition) is 4. The van der Waals surface area contributed by atoms with E-state index in [1.54, 1.807) is 0 Å². The van der Waals surface area contributed by atoms with Crippen LogP contribution in [-0.4, -0.2) is 30.4 Å². The van der Waals surface area contributed by atoms with Crippen LogP contribution in [0.2, 0.25) is 0 Å². The molecule has 1 atom stereocenters. The van der Waals surface area contributed by atoms with Crippen molar-refractivity contribution in [1.82, 2.24) is 0 Å². The first-order chi connectivity index (χ1) is 5.06. The minimum absolute atomic E-state index is 0.163. The Hall–Kier alpha value is -0.650. The number of carbonyl (C=O) groups is 1. The average molecular weight is 163 g/mol. The number of ether oxygens (including phenoxy) is 1. The highest BCUT2D eigenvalue weighted by Gasteiger charge is 2.32. The number of carboxylic acid groups (broad SMARTS) is 1. The Morgan fingerprint density at radius 3 is 2.55 bits per heavy atom. The Morgan fingerprint density at radius 2 is 2.27 bits per heavy atom. The van der Waals surface area contributed by atoms with E-state index in [1.165, 1.54) is 14.0 Å². The summed E-state index contributed by atoms with van der Waals surface area (Å²) >= 11 is 0. The van der Waals surface area contributed by atoms with Crippen LogP contribution >= 0.6 is 0 Å². The summed E-state index contributed by atoms with van der Waals surface area (Å²) in [7, 11) is 1.34. The van der Waals surface area contributed by atoms with Gasteiger partial charge in [-0.25, -0.2) is 10.7 Å². The molecule has 0 aliphatic rings. The van der Waals surface area contributed by atoms with E-state index in [4.69, 9.17) is 15.7 Å². The zero-order valence-corrected chi connectivity index (χ0v) is 6.66. The Balaban J connectivity index is 3.99. The first kappa shape index (κ1) is 10.3. The summed E-state index contributed by atoms with van der Waals surface area (Å²) in [6.07, 6.45) is 0.231. The third-order valence-corrected chi connectivity index (χ3v) is 1.60. The molecule has 66 valence electrons. The molecule has 0 aliphatic carbocycles. The van der Waals surface area contributed by atoms with E-state index in [0.29, 0.717) is 0 Å². The van der Waals surface area contributed by atoms with Crippen molar-refractivity contribution in [2.45, 2.75) is 18.9 Å². The number of carboxylic acids is 1. The van der Waals surface area contributed by atoms with Gasteiger partial charge in [-0.3, -0.25) is 0 Å². The van der Waals surface area contributed by atoms with Crippen LogP contribution in [-0.2, 0) is 14.4 Å². The average Bonchev–Trinajstić information content (AvgIpc) is 2.00. The Bertz CT molecular complexity index is 139. The van der Waals surface area contributed by atoms with Crippen molar-refractivity contribution in [2.75, 3.05) is 13.7 Å². The maximum absolute atomic E-state index is 10.5. The zero-order valence-electron chi connectivity index (χ0n) is 6.66. The number of nitrogens with two attached hydrogens (primary N) is 1. The lowest BCUT2D eigenvalue weighted by atomic mass is 10.0. The molecule has 0 bridgehead atoms. The van der Waals surface area contributed by atoms with Gasteiger partial charge >= 0.3 is 5.97 Å². The van der Waals surface area contributed by atoms with Crippen molar-refractivity contribution in [3.8, 4) is 0 Å². The predicted molar refractivity (Wildman–Crippen MR) is 37.8 cm³/mol. The molecule has 0 heterocycles. The Kier molecular flexibility index (Phi) is 4.02. The Labute approximate surface area is 65.0 Å². The molecule has 0 unspecified atom stereocenters. The molecule has 0 aromatic carbocycles. The van der Waals surface area contributed by atoms with E-state index < -0.39 is 11.6 Å². The van der Waals surface area contributed by atoms with Gasteiger partial charge in [0.05, 0.1) is 6.61 Å². The van der Waals surface area contributed by atoms with Crippen LogP contribution in [0.15, 0.2) is 0 Å². The first-order valence-corrected chi connectivity index (χ1v) is 3.17. The van der Waals surface area contributed by atoms with Gasteiger partial charge in [0.25, 0.3) is 0 Å². The van der Waals surface area contributed by atoms with Gasteiger partial charge in [-0.2, -0.15) is 0 Å². The topological polar surface area (TPSA) is 81.8 Å². The van der Waals surface area contributed by atoms with Gasteiger partial charge in [0.15, 0.2) is 5.60 Å². The number of hydrogen-bond donors (Lipinski definition) is 2. The molecule has 0 saturated heterocycles. The lowest BCUT2D eigenvalue weighted by molar-refractivity contribution is -0.162. The van der Waals surface area contributed by atoms with E-state index in [2.05, 4.69) is 4.84 Å². The van der Waals surface area contributed by atoms with Crippen molar-refractivity contribution in [1.29, 1.82) is 0 Å². The molecule has 0 fully saturated rings. The molecule has 0 rings (SSSR count). The molecule has 0 aromatic heterocycles. The normalized spacial score (nSPS) is 15.9. The molecular weight excluding hydrogens is 150 g/mol.